The zero-order chi connectivity index (χ0) is 13.2. The average molecular weight is 249 g/mol. The van der Waals surface area contributed by atoms with E-state index in [1.807, 2.05) is 0 Å². The molecule has 0 aliphatic carbocycles. The molecule has 1 aliphatic rings. The number of aliphatic hydroxyl groups excluding tert-OH is 1. The van der Waals surface area contributed by atoms with Crippen LogP contribution in [-0.2, 0) is 13.0 Å². The molecule has 18 heavy (non-hydrogen) atoms. The van der Waals surface area contributed by atoms with Crippen molar-refractivity contribution in [3.8, 4) is 5.75 Å². The first-order chi connectivity index (χ1) is 8.52. The Hall–Kier alpha value is -1.06. The Labute approximate surface area is 109 Å². The highest BCUT2D eigenvalue weighted by Crippen LogP contribution is 2.37. The summed E-state index contributed by atoms with van der Waals surface area (Å²) in [6.07, 6.45) is 1.75. The van der Waals surface area contributed by atoms with Crippen LogP contribution in [0, 0.1) is 0 Å². The average Bonchev–Trinajstić information content (AvgIpc) is 2.61. The van der Waals surface area contributed by atoms with Crippen molar-refractivity contribution in [2.75, 3.05) is 6.61 Å². The van der Waals surface area contributed by atoms with E-state index in [1.165, 1.54) is 11.1 Å². The molecule has 0 saturated carbocycles. The van der Waals surface area contributed by atoms with Crippen LogP contribution in [-0.4, -0.2) is 23.4 Å². The molecule has 2 rings (SSSR count). The molecule has 1 aromatic carbocycles. The first-order valence-corrected chi connectivity index (χ1v) is 6.66. The van der Waals surface area contributed by atoms with Gasteiger partial charge in [0.25, 0.3) is 0 Å². The second kappa shape index (κ2) is 5.29. The van der Waals surface area contributed by atoms with Crippen molar-refractivity contribution in [3.63, 3.8) is 0 Å². The molecule has 100 valence electrons. The summed E-state index contributed by atoms with van der Waals surface area (Å²) in [5.74, 6) is 1.05. The zero-order valence-corrected chi connectivity index (χ0v) is 11.5. The Bertz CT molecular complexity index is 415. The molecule has 1 atom stereocenters. The molecule has 2 N–H and O–H groups in total. The molecule has 0 spiro atoms. The molecule has 0 amide bonds. The van der Waals surface area contributed by atoms with Crippen molar-refractivity contribution in [3.05, 3.63) is 29.3 Å². The topological polar surface area (TPSA) is 41.5 Å². The predicted octanol–water partition coefficient (Wildman–Crippen LogP) is 2.26. The largest absolute Gasteiger partial charge is 0.487 e. The summed E-state index contributed by atoms with van der Waals surface area (Å²) in [6.45, 7) is 7.35. The second-order valence-electron chi connectivity index (χ2n) is 5.74. The summed E-state index contributed by atoms with van der Waals surface area (Å²) >= 11 is 0. The third kappa shape index (κ3) is 3.03. The van der Waals surface area contributed by atoms with E-state index in [-0.39, 0.29) is 12.2 Å². The fourth-order valence-corrected chi connectivity index (χ4v) is 2.40. The van der Waals surface area contributed by atoms with Gasteiger partial charge in [-0.1, -0.05) is 18.2 Å². The highest BCUT2D eigenvalue weighted by Gasteiger charge is 2.31. The lowest BCUT2D eigenvalue weighted by Gasteiger charge is -2.19. The lowest BCUT2D eigenvalue weighted by atomic mass is 10.0. The normalized spacial score (nSPS) is 18.2. The number of fused-ring (bicyclic) bond motifs is 1. The van der Waals surface area contributed by atoms with Gasteiger partial charge < -0.3 is 15.2 Å². The maximum absolute atomic E-state index is 8.89. The molecule has 1 unspecified atom stereocenters. The van der Waals surface area contributed by atoms with E-state index in [4.69, 9.17) is 9.84 Å². The fraction of sp³-hybridized carbons (Fsp3) is 0.600. The monoisotopic (exact) mass is 249 g/mol. The van der Waals surface area contributed by atoms with Crippen LogP contribution in [0.3, 0.4) is 0 Å². The van der Waals surface area contributed by atoms with Gasteiger partial charge in [0.2, 0.25) is 0 Å². The number of aliphatic hydroxyl groups is 1. The lowest BCUT2D eigenvalue weighted by Crippen LogP contribution is -2.27. The van der Waals surface area contributed by atoms with Gasteiger partial charge in [-0.2, -0.15) is 0 Å². The van der Waals surface area contributed by atoms with Crippen LogP contribution in [0.2, 0.25) is 0 Å². The summed E-state index contributed by atoms with van der Waals surface area (Å²) in [5.41, 5.74) is 2.42. The van der Waals surface area contributed by atoms with E-state index in [0.29, 0.717) is 6.04 Å². The van der Waals surface area contributed by atoms with Gasteiger partial charge in [0.05, 0.1) is 0 Å². The highest BCUT2D eigenvalue weighted by atomic mass is 16.5. The number of rotatable bonds is 5. The van der Waals surface area contributed by atoms with Crippen molar-refractivity contribution < 1.29 is 9.84 Å². The van der Waals surface area contributed by atoms with Gasteiger partial charge in [0, 0.05) is 31.2 Å². The molecular weight excluding hydrogens is 226 g/mol. The first kappa shape index (κ1) is 13.4. The van der Waals surface area contributed by atoms with Crippen molar-refractivity contribution >= 4 is 0 Å². The number of para-hydroxylation sites is 1. The van der Waals surface area contributed by atoms with Crippen molar-refractivity contribution in [2.24, 2.45) is 0 Å². The Morgan fingerprint density at radius 1 is 1.44 bits per heavy atom. The number of benzene rings is 1. The van der Waals surface area contributed by atoms with Crippen molar-refractivity contribution in [2.45, 2.75) is 51.8 Å². The number of hydrogen-bond donors (Lipinski definition) is 2. The highest BCUT2D eigenvalue weighted by molar-refractivity contribution is 5.45. The quantitative estimate of drug-likeness (QED) is 0.841. The molecular formula is C15H23NO2. The predicted molar refractivity (Wildman–Crippen MR) is 72.9 cm³/mol. The van der Waals surface area contributed by atoms with Crippen LogP contribution in [0.25, 0.3) is 0 Å². The molecule has 1 aromatic rings. The Balaban J connectivity index is 2.05. The fourth-order valence-electron chi connectivity index (χ4n) is 2.40. The van der Waals surface area contributed by atoms with E-state index in [0.717, 1.165) is 25.1 Å². The first-order valence-electron chi connectivity index (χ1n) is 6.66. The number of ether oxygens (including phenoxy) is 1. The third-order valence-corrected chi connectivity index (χ3v) is 3.38. The molecule has 3 heteroatoms. The van der Waals surface area contributed by atoms with Crippen LogP contribution in [0.1, 0.15) is 38.3 Å². The van der Waals surface area contributed by atoms with Crippen LogP contribution >= 0.6 is 0 Å². The second-order valence-corrected chi connectivity index (χ2v) is 5.74. The van der Waals surface area contributed by atoms with E-state index < -0.39 is 0 Å². The van der Waals surface area contributed by atoms with E-state index in [9.17, 15) is 0 Å². The molecule has 1 heterocycles. The smallest absolute Gasteiger partial charge is 0.127 e. The zero-order valence-electron chi connectivity index (χ0n) is 11.5. The minimum absolute atomic E-state index is 0.0881. The summed E-state index contributed by atoms with van der Waals surface area (Å²) in [6, 6.07) is 6.67. The van der Waals surface area contributed by atoms with Gasteiger partial charge >= 0.3 is 0 Å². The SMILES string of the molecule is CC(CCO)NCc1cccc2c1OC(C)(C)C2. The number of hydrogen-bond acceptors (Lipinski definition) is 3. The van der Waals surface area contributed by atoms with Gasteiger partial charge in [-0.25, -0.2) is 0 Å². The Morgan fingerprint density at radius 3 is 2.94 bits per heavy atom. The minimum Gasteiger partial charge on any atom is -0.487 e. The molecule has 1 aliphatic heterocycles. The van der Waals surface area contributed by atoms with Crippen molar-refractivity contribution in [1.29, 1.82) is 0 Å². The van der Waals surface area contributed by atoms with Gasteiger partial charge in [-0.15, -0.1) is 0 Å². The molecule has 0 radical (unpaired) electrons. The molecule has 0 saturated heterocycles. The minimum atomic E-state index is -0.0881. The van der Waals surface area contributed by atoms with Crippen LogP contribution in [0.4, 0.5) is 0 Å². The molecule has 0 aromatic heterocycles. The van der Waals surface area contributed by atoms with Gasteiger partial charge in [0.15, 0.2) is 0 Å². The third-order valence-electron chi connectivity index (χ3n) is 3.38. The molecule has 3 nitrogen and oxygen atoms in total. The van der Waals surface area contributed by atoms with E-state index >= 15 is 0 Å². The van der Waals surface area contributed by atoms with Crippen LogP contribution < -0.4 is 10.1 Å². The van der Waals surface area contributed by atoms with Gasteiger partial charge in [0.1, 0.15) is 11.4 Å². The maximum Gasteiger partial charge on any atom is 0.127 e. The lowest BCUT2D eigenvalue weighted by molar-refractivity contribution is 0.137. The maximum atomic E-state index is 8.89. The van der Waals surface area contributed by atoms with Crippen molar-refractivity contribution in [1.82, 2.24) is 5.32 Å². The van der Waals surface area contributed by atoms with Gasteiger partial charge in [-0.05, 0) is 32.8 Å². The van der Waals surface area contributed by atoms with Crippen LogP contribution in [0.5, 0.6) is 5.75 Å². The Kier molecular flexibility index (Phi) is 3.93. The summed E-state index contributed by atoms with van der Waals surface area (Å²) < 4.78 is 6.03. The summed E-state index contributed by atoms with van der Waals surface area (Å²) in [7, 11) is 0. The van der Waals surface area contributed by atoms with E-state index in [1.54, 1.807) is 0 Å². The summed E-state index contributed by atoms with van der Waals surface area (Å²) in [5, 5.41) is 12.3. The molecule has 0 fully saturated rings. The Morgan fingerprint density at radius 2 is 2.22 bits per heavy atom. The van der Waals surface area contributed by atoms with Gasteiger partial charge in [-0.3, -0.25) is 0 Å². The van der Waals surface area contributed by atoms with E-state index in [2.05, 4.69) is 44.3 Å². The van der Waals surface area contributed by atoms with Crippen LogP contribution in [0.15, 0.2) is 18.2 Å². The summed E-state index contributed by atoms with van der Waals surface area (Å²) in [4.78, 5) is 0. The molecule has 0 bridgehead atoms. The number of nitrogens with one attached hydrogen (secondary N) is 1. The standard InChI is InChI=1S/C15H23NO2/c1-11(7-8-17)16-10-13-6-4-5-12-9-15(2,3)18-14(12)13/h4-6,11,16-17H,7-10H2,1-3H3.